The van der Waals surface area contributed by atoms with Crippen LogP contribution in [0.25, 0.3) is 0 Å². The van der Waals surface area contributed by atoms with Gasteiger partial charge in [-0.05, 0) is 24.8 Å². The number of primary amides is 1. The topological polar surface area (TPSA) is 185 Å². The van der Waals surface area contributed by atoms with Crippen LogP contribution in [0.3, 0.4) is 0 Å². The van der Waals surface area contributed by atoms with Gasteiger partial charge >= 0.3 is 0 Å². The fourth-order valence-corrected chi connectivity index (χ4v) is 3.08. The summed E-state index contributed by atoms with van der Waals surface area (Å²) in [4.78, 5) is 78.5. The van der Waals surface area contributed by atoms with Crippen LogP contribution in [0.4, 0.5) is 0 Å². The maximum atomic E-state index is 11.5. The summed E-state index contributed by atoms with van der Waals surface area (Å²) in [6.45, 7) is -0.235. The lowest BCUT2D eigenvalue weighted by atomic mass is 10.0. The predicted octanol–water partition coefficient (Wildman–Crippen LogP) is -1.38. The van der Waals surface area contributed by atoms with Crippen molar-refractivity contribution in [2.75, 3.05) is 26.2 Å². The average Bonchev–Trinajstić information content (AvgIpc) is 3.21. The average molecular weight is 525 g/mol. The molecule has 202 valence electrons. The Balaban J connectivity index is 0.000000415. The molecule has 2 rings (SSSR count). The highest BCUT2D eigenvalue weighted by Gasteiger charge is 2.22. The zero-order valence-corrected chi connectivity index (χ0v) is 21.1. The second kappa shape index (κ2) is 18.0. The van der Waals surface area contributed by atoms with Crippen molar-refractivity contribution in [3.05, 3.63) is 48.0 Å². The summed E-state index contributed by atoms with van der Waals surface area (Å²) in [5.74, 6) is -2.21. The minimum Gasteiger partial charge on any atom is -0.368 e. The normalized spacial score (nSPS) is 11.8. The summed E-state index contributed by atoms with van der Waals surface area (Å²) >= 11 is 0. The summed E-state index contributed by atoms with van der Waals surface area (Å²) in [6, 6.07) is 9.70. The van der Waals surface area contributed by atoms with Gasteiger partial charge in [0.15, 0.2) is 7.85 Å². The first-order chi connectivity index (χ1) is 18.1. The van der Waals surface area contributed by atoms with E-state index in [9.17, 15) is 33.6 Å². The van der Waals surface area contributed by atoms with Crippen molar-refractivity contribution in [1.29, 1.82) is 0 Å². The minimum absolute atomic E-state index is 0.0897. The number of carbonyl (C=O) groups excluding carboxylic acids is 7. The van der Waals surface area contributed by atoms with Gasteiger partial charge in [-0.1, -0.05) is 36.8 Å². The largest absolute Gasteiger partial charge is 0.368 e. The van der Waals surface area contributed by atoms with Crippen LogP contribution in [-0.4, -0.2) is 80.1 Å². The molecule has 38 heavy (non-hydrogen) atoms. The van der Waals surface area contributed by atoms with E-state index in [0.29, 0.717) is 38.6 Å². The molecule has 0 atom stereocenters. The summed E-state index contributed by atoms with van der Waals surface area (Å²) in [5, 5.41) is 7.11. The van der Waals surface area contributed by atoms with Crippen LogP contribution >= 0.6 is 0 Å². The number of imide groups is 1. The van der Waals surface area contributed by atoms with Crippen molar-refractivity contribution in [3.63, 3.8) is 0 Å². The molecular formula is C25H32BN5O7. The van der Waals surface area contributed by atoms with E-state index in [1.165, 1.54) is 12.2 Å². The third-order valence-electron chi connectivity index (χ3n) is 5.04. The standard InChI is InChI=1S/C14H20N4O5.C11H12BNO2/c15-10(19)8-16-12(21)9-17-11(20)4-2-1-3-7-18-13(22)5-6-14(18)23;12-10(14)8-13-11(15)7-6-9-4-2-1-3-5-9/h5-6H,1-4,7-9H2,(H2,15,19)(H,16,21)(H,17,20);1-5H,6-8H2,(H,13,15). The minimum atomic E-state index is -0.658. The van der Waals surface area contributed by atoms with Gasteiger partial charge in [-0.25, -0.2) is 0 Å². The Bertz CT molecular complexity index is 1010. The van der Waals surface area contributed by atoms with Crippen LogP contribution < -0.4 is 21.7 Å². The van der Waals surface area contributed by atoms with E-state index in [1.54, 1.807) is 0 Å². The van der Waals surface area contributed by atoms with Gasteiger partial charge in [-0.2, -0.15) is 0 Å². The van der Waals surface area contributed by atoms with Crippen molar-refractivity contribution in [3.8, 4) is 0 Å². The lowest BCUT2D eigenvalue weighted by molar-refractivity contribution is -0.137. The zero-order valence-electron chi connectivity index (χ0n) is 21.1. The molecule has 1 aromatic carbocycles. The molecule has 0 spiro atoms. The van der Waals surface area contributed by atoms with Gasteiger partial charge in [0.05, 0.1) is 25.3 Å². The fourth-order valence-electron chi connectivity index (χ4n) is 3.08. The van der Waals surface area contributed by atoms with Crippen LogP contribution in [0.2, 0.25) is 0 Å². The molecule has 13 heteroatoms. The molecule has 0 saturated heterocycles. The third-order valence-corrected chi connectivity index (χ3v) is 5.04. The molecule has 12 nitrogen and oxygen atoms in total. The molecule has 5 N–H and O–H groups in total. The Hall–Kier alpha value is -4.29. The van der Waals surface area contributed by atoms with E-state index < -0.39 is 17.5 Å². The number of carbonyl (C=O) groups is 7. The van der Waals surface area contributed by atoms with Crippen LogP contribution in [0.15, 0.2) is 42.5 Å². The molecule has 1 aliphatic heterocycles. The Morgan fingerprint density at radius 2 is 1.32 bits per heavy atom. The number of nitrogens with one attached hydrogen (secondary N) is 3. The lowest BCUT2D eigenvalue weighted by Gasteiger charge is -2.13. The quantitative estimate of drug-likeness (QED) is 0.123. The fraction of sp³-hybridized carbons (Fsp3) is 0.400. The number of unbranched alkanes of at least 4 members (excludes halogenated alkanes) is 2. The lowest BCUT2D eigenvalue weighted by Crippen LogP contribution is -2.40. The Labute approximate surface area is 222 Å². The highest BCUT2D eigenvalue weighted by Crippen LogP contribution is 2.07. The highest BCUT2D eigenvalue weighted by molar-refractivity contribution is 6.58. The molecule has 1 aliphatic rings. The van der Waals surface area contributed by atoms with Gasteiger partial charge in [0.1, 0.15) is 0 Å². The second-order valence-electron chi connectivity index (χ2n) is 8.22. The van der Waals surface area contributed by atoms with Gasteiger partial charge in [-0.15, -0.1) is 0 Å². The molecular weight excluding hydrogens is 493 g/mol. The molecule has 0 unspecified atom stereocenters. The monoisotopic (exact) mass is 525 g/mol. The van der Waals surface area contributed by atoms with Crippen LogP contribution in [-0.2, 0) is 40.0 Å². The molecule has 1 aromatic rings. The van der Waals surface area contributed by atoms with Gasteiger partial charge in [0.25, 0.3) is 11.8 Å². The van der Waals surface area contributed by atoms with Gasteiger partial charge in [-0.3, -0.25) is 33.7 Å². The molecule has 0 aromatic heterocycles. The Morgan fingerprint density at radius 1 is 0.737 bits per heavy atom. The van der Waals surface area contributed by atoms with Crippen molar-refractivity contribution in [2.24, 2.45) is 5.73 Å². The third kappa shape index (κ3) is 15.0. The SMILES string of the molecule is NC(=O)CNC(=O)CNC(=O)CCCCCN1C(=O)C=CC1=O.[B]C(=O)CNC(=O)CCc1ccccc1. The molecule has 6 amide bonds. The molecule has 0 fully saturated rings. The molecule has 1 heterocycles. The summed E-state index contributed by atoms with van der Waals surface area (Å²) in [6.07, 6.45) is 5.63. The van der Waals surface area contributed by atoms with E-state index in [0.717, 1.165) is 10.5 Å². The molecule has 0 bridgehead atoms. The van der Waals surface area contributed by atoms with Crippen LogP contribution in [0.5, 0.6) is 0 Å². The summed E-state index contributed by atoms with van der Waals surface area (Å²) in [7, 11) is 4.89. The number of hydrogen-bond acceptors (Lipinski definition) is 7. The Kier molecular flexibility index (Phi) is 15.1. The first-order valence-electron chi connectivity index (χ1n) is 12.0. The highest BCUT2D eigenvalue weighted by atomic mass is 16.2. The van der Waals surface area contributed by atoms with Gasteiger partial charge < -0.3 is 26.5 Å². The summed E-state index contributed by atoms with van der Waals surface area (Å²) in [5.41, 5.74) is 5.44. The van der Waals surface area contributed by atoms with Crippen molar-refractivity contribution < 1.29 is 33.6 Å². The van der Waals surface area contributed by atoms with E-state index in [4.69, 9.17) is 13.6 Å². The number of rotatable bonds is 15. The smallest absolute Gasteiger partial charge is 0.253 e. The zero-order chi connectivity index (χ0) is 28.3. The number of nitrogens with two attached hydrogens (primary N) is 1. The van der Waals surface area contributed by atoms with Crippen molar-refractivity contribution >= 4 is 49.0 Å². The van der Waals surface area contributed by atoms with E-state index in [1.807, 2.05) is 30.3 Å². The molecule has 0 saturated carbocycles. The van der Waals surface area contributed by atoms with Gasteiger partial charge in [0.2, 0.25) is 23.6 Å². The van der Waals surface area contributed by atoms with Gasteiger partial charge in [0, 0.05) is 31.5 Å². The first kappa shape index (κ1) is 31.7. The number of aryl methyl sites for hydroxylation is 1. The number of nitrogens with zero attached hydrogens (tertiary/aromatic N) is 1. The number of amides is 6. The second-order valence-corrected chi connectivity index (χ2v) is 8.22. The van der Waals surface area contributed by atoms with E-state index in [2.05, 4.69) is 16.0 Å². The first-order valence-corrected chi connectivity index (χ1v) is 12.0. The Morgan fingerprint density at radius 3 is 1.92 bits per heavy atom. The van der Waals surface area contributed by atoms with Crippen molar-refractivity contribution in [2.45, 2.75) is 38.5 Å². The van der Waals surface area contributed by atoms with Crippen molar-refractivity contribution in [1.82, 2.24) is 20.9 Å². The predicted molar refractivity (Wildman–Crippen MR) is 138 cm³/mol. The van der Waals surface area contributed by atoms with Crippen LogP contribution in [0, 0.1) is 0 Å². The van der Waals surface area contributed by atoms with E-state index in [-0.39, 0.29) is 49.7 Å². The maximum Gasteiger partial charge on any atom is 0.253 e. The molecule has 0 aliphatic carbocycles. The maximum absolute atomic E-state index is 11.5. The molecule has 2 radical (unpaired) electrons. The van der Waals surface area contributed by atoms with Crippen LogP contribution in [0.1, 0.15) is 37.7 Å². The van der Waals surface area contributed by atoms with E-state index >= 15 is 0 Å². The summed E-state index contributed by atoms with van der Waals surface area (Å²) < 4.78 is 0. The number of benzene rings is 1. The number of hydrogen-bond donors (Lipinski definition) is 4.